The third kappa shape index (κ3) is 5.30. The van der Waals surface area contributed by atoms with Gasteiger partial charge in [0.25, 0.3) is 0 Å². The Balaban J connectivity index is 1.41. The molecular weight excluding hydrogens is 344 g/mol. The molecule has 2 aromatic rings. The summed E-state index contributed by atoms with van der Waals surface area (Å²) in [4.78, 5) is 17.1. The van der Waals surface area contributed by atoms with Gasteiger partial charge in [-0.1, -0.05) is 17.3 Å². The summed E-state index contributed by atoms with van der Waals surface area (Å²) in [6.45, 7) is 8.49. The highest BCUT2D eigenvalue weighted by atomic mass is 16.5. The Bertz CT molecular complexity index is 736. The second-order valence-electron chi connectivity index (χ2n) is 6.97. The van der Waals surface area contributed by atoms with Gasteiger partial charge in [0, 0.05) is 38.8 Å². The van der Waals surface area contributed by atoms with Crippen molar-refractivity contribution in [2.45, 2.75) is 26.3 Å². The number of ether oxygens (including phenoxy) is 1. The summed E-state index contributed by atoms with van der Waals surface area (Å²) in [6.07, 6.45) is 1.02. The van der Waals surface area contributed by atoms with Crippen LogP contribution in [-0.2, 0) is 11.2 Å². The van der Waals surface area contributed by atoms with Crippen molar-refractivity contribution in [1.82, 2.24) is 15.0 Å². The number of hydrogen-bond donors (Lipinski definition) is 1. The number of nitrogens with one attached hydrogen (secondary N) is 1. The third-order valence-corrected chi connectivity index (χ3v) is 5.08. The van der Waals surface area contributed by atoms with Gasteiger partial charge in [-0.25, -0.2) is 0 Å². The maximum atomic E-state index is 12.4. The molecule has 1 atom stereocenters. The number of anilines is 1. The van der Waals surface area contributed by atoms with E-state index in [1.807, 2.05) is 26.0 Å². The smallest absolute Gasteiger partial charge is 0.243 e. The molecule has 0 spiro atoms. The largest absolute Gasteiger partial charge is 0.497 e. The molecule has 1 saturated heterocycles. The van der Waals surface area contributed by atoms with Crippen molar-refractivity contribution in [1.29, 1.82) is 0 Å². The lowest BCUT2D eigenvalue weighted by atomic mass is 10.1. The molecule has 1 aromatic heterocycles. The fourth-order valence-corrected chi connectivity index (χ4v) is 3.27. The average Bonchev–Trinajstić information content (AvgIpc) is 3.11. The number of methoxy groups -OCH3 is 1. The number of hydrogen-bond acceptors (Lipinski definition) is 6. The lowest BCUT2D eigenvalue weighted by Crippen LogP contribution is -2.53. The van der Waals surface area contributed by atoms with Crippen LogP contribution in [0.4, 0.5) is 5.88 Å². The molecule has 1 aromatic carbocycles. The van der Waals surface area contributed by atoms with Crippen LogP contribution in [0.15, 0.2) is 34.9 Å². The van der Waals surface area contributed by atoms with Crippen molar-refractivity contribution in [3.63, 3.8) is 0 Å². The molecule has 0 radical (unpaired) electrons. The minimum atomic E-state index is -0.195. The Morgan fingerprint density at radius 1 is 1.26 bits per heavy atom. The van der Waals surface area contributed by atoms with E-state index in [0.29, 0.717) is 5.88 Å². The molecule has 1 aliphatic rings. The van der Waals surface area contributed by atoms with Crippen molar-refractivity contribution in [3.05, 3.63) is 41.6 Å². The zero-order valence-electron chi connectivity index (χ0n) is 16.3. The van der Waals surface area contributed by atoms with E-state index in [9.17, 15) is 4.79 Å². The Hall–Kier alpha value is -2.38. The predicted molar refractivity (Wildman–Crippen MR) is 104 cm³/mol. The van der Waals surface area contributed by atoms with Gasteiger partial charge in [0.05, 0.1) is 18.8 Å². The number of amides is 1. The standard InChI is InChI=1S/C20H28N4O3/c1-15-14-19(27-22-15)21-20(25)16(2)24-12-10-23(11-13-24)9-8-17-4-6-18(26-3)7-5-17/h4-7,14,16H,8-13H2,1-3H3,(H,21,25)/t16-/m1/s1. The highest BCUT2D eigenvalue weighted by Gasteiger charge is 2.26. The summed E-state index contributed by atoms with van der Waals surface area (Å²) in [6, 6.07) is 9.77. The van der Waals surface area contributed by atoms with Crippen LogP contribution in [0.25, 0.3) is 0 Å². The number of aromatic nitrogens is 1. The van der Waals surface area contributed by atoms with Crippen LogP contribution >= 0.6 is 0 Å². The number of nitrogens with zero attached hydrogens (tertiary/aromatic N) is 3. The van der Waals surface area contributed by atoms with Gasteiger partial charge in [0.2, 0.25) is 11.8 Å². The van der Waals surface area contributed by atoms with Gasteiger partial charge < -0.3 is 14.2 Å². The second-order valence-corrected chi connectivity index (χ2v) is 6.97. The molecule has 0 aliphatic carbocycles. The van der Waals surface area contributed by atoms with E-state index >= 15 is 0 Å². The monoisotopic (exact) mass is 372 g/mol. The molecule has 27 heavy (non-hydrogen) atoms. The maximum Gasteiger partial charge on any atom is 0.243 e. The summed E-state index contributed by atoms with van der Waals surface area (Å²) in [5.74, 6) is 1.24. The zero-order chi connectivity index (χ0) is 19.2. The first-order chi connectivity index (χ1) is 13.0. The van der Waals surface area contributed by atoms with Gasteiger partial charge in [-0.05, 0) is 38.0 Å². The normalized spacial score (nSPS) is 16.9. The van der Waals surface area contributed by atoms with Crippen molar-refractivity contribution in [2.24, 2.45) is 0 Å². The van der Waals surface area contributed by atoms with E-state index in [1.165, 1.54) is 5.56 Å². The van der Waals surface area contributed by atoms with Crippen molar-refractivity contribution >= 4 is 11.8 Å². The topological polar surface area (TPSA) is 70.8 Å². The van der Waals surface area contributed by atoms with Crippen LogP contribution in [0.5, 0.6) is 5.75 Å². The van der Waals surface area contributed by atoms with E-state index in [-0.39, 0.29) is 11.9 Å². The van der Waals surface area contributed by atoms with Crippen LogP contribution in [0.3, 0.4) is 0 Å². The van der Waals surface area contributed by atoms with Crippen LogP contribution in [-0.4, -0.2) is 66.7 Å². The third-order valence-electron chi connectivity index (χ3n) is 5.08. The minimum Gasteiger partial charge on any atom is -0.497 e. The first-order valence-corrected chi connectivity index (χ1v) is 9.38. The van der Waals surface area contributed by atoms with E-state index in [0.717, 1.165) is 50.6 Å². The number of piperazine rings is 1. The first-order valence-electron chi connectivity index (χ1n) is 9.38. The number of carbonyl (C=O) groups excluding carboxylic acids is 1. The molecule has 7 nitrogen and oxygen atoms in total. The Morgan fingerprint density at radius 3 is 2.56 bits per heavy atom. The highest BCUT2D eigenvalue weighted by molar-refractivity contribution is 5.93. The quantitative estimate of drug-likeness (QED) is 0.803. The second kappa shape index (κ2) is 9.01. The van der Waals surface area contributed by atoms with E-state index in [2.05, 4.69) is 32.4 Å². The molecule has 1 amide bonds. The van der Waals surface area contributed by atoms with Gasteiger partial charge in [0.15, 0.2) is 0 Å². The molecule has 1 fully saturated rings. The fourth-order valence-electron chi connectivity index (χ4n) is 3.27. The molecule has 3 rings (SSSR count). The van der Waals surface area contributed by atoms with Crippen LogP contribution in [0.2, 0.25) is 0 Å². The maximum absolute atomic E-state index is 12.4. The Kier molecular flexibility index (Phi) is 6.47. The van der Waals surface area contributed by atoms with Crippen LogP contribution in [0, 0.1) is 6.92 Å². The average molecular weight is 372 g/mol. The molecule has 0 unspecified atom stereocenters. The highest BCUT2D eigenvalue weighted by Crippen LogP contribution is 2.14. The summed E-state index contributed by atoms with van der Waals surface area (Å²) >= 11 is 0. The van der Waals surface area contributed by atoms with Crippen LogP contribution < -0.4 is 10.1 Å². The SMILES string of the molecule is COc1ccc(CCN2CCN([C@H](C)C(=O)Nc3cc(C)no3)CC2)cc1. The van der Waals surface area contributed by atoms with Crippen LogP contribution in [0.1, 0.15) is 18.2 Å². The molecular formula is C20H28N4O3. The van der Waals surface area contributed by atoms with Gasteiger partial charge in [-0.2, -0.15) is 0 Å². The summed E-state index contributed by atoms with van der Waals surface area (Å²) in [7, 11) is 1.68. The predicted octanol–water partition coefficient (Wildman–Crippen LogP) is 2.18. The van der Waals surface area contributed by atoms with E-state index in [1.54, 1.807) is 13.2 Å². The van der Waals surface area contributed by atoms with Crippen molar-refractivity contribution in [3.8, 4) is 5.75 Å². The molecule has 0 saturated carbocycles. The Morgan fingerprint density at radius 2 is 1.96 bits per heavy atom. The molecule has 7 heteroatoms. The first kappa shape index (κ1) is 19.4. The van der Waals surface area contributed by atoms with Crippen molar-refractivity contribution in [2.75, 3.05) is 45.2 Å². The van der Waals surface area contributed by atoms with Gasteiger partial charge in [0.1, 0.15) is 5.75 Å². The minimum absolute atomic E-state index is 0.0576. The van der Waals surface area contributed by atoms with E-state index < -0.39 is 0 Å². The molecule has 146 valence electrons. The van der Waals surface area contributed by atoms with Gasteiger partial charge in [-0.3, -0.25) is 15.0 Å². The summed E-state index contributed by atoms with van der Waals surface area (Å²) in [5.41, 5.74) is 2.07. The van der Waals surface area contributed by atoms with Gasteiger partial charge in [-0.15, -0.1) is 0 Å². The number of rotatable bonds is 7. The summed E-state index contributed by atoms with van der Waals surface area (Å²) < 4.78 is 10.3. The lowest BCUT2D eigenvalue weighted by molar-refractivity contribution is -0.121. The van der Waals surface area contributed by atoms with Gasteiger partial charge >= 0.3 is 0 Å². The number of aryl methyl sites for hydroxylation is 1. The molecule has 1 aliphatic heterocycles. The molecule has 1 N–H and O–H groups in total. The summed E-state index contributed by atoms with van der Waals surface area (Å²) in [5, 5.41) is 6.58. The number of benzene rings is 1. The van der Waals surface area contributed by atoms with Crippen molar-refractivity contribution < 1.29 is 14.1 Å². The lowest BCUT2D eigenvalue weighted by Gasteiger charge is -2.37. The Labute approximate surface area is 160 Å². The zero-order valence-corrected chi connectivity index (χ0v) is 16.3. The molecule has 0 bridgehead atoms. The van der Waals surface area contributed by atoms with E-state index in [4.69, 9.17) is 9.26 Å². The number of carbonyl (C=O) groups is 1. The molecule has 2 heterocycles. The fraction of sp³-hybridized carbons (Fsp3) is 0.500.